The normalized spacial score (nSPS) is 17.0. The van der Waals surface area contributed by atoms with Crippen LogP contribution in [0.25, 0.3) is 0 Å². The van der Waals surface area contributed by atoms with Gasteiger partial charge in [-0.2, -0.15) is 0 Å². The van der Waals surface area contributed by atoms with Crippen molar-refractivity contribution in [1.29, 1.82) is 0 Å². The van der Waals surface area contributed by atoms with Gasteiger partial charge in [-0.25, -0.2) is 9.97 Å². The summed E-state index contributed by atoms with van der Waals surface area (Å²) in [6.07, 6.45) is 6.56. The van der Waals surface area contributed by atoms with E-state index in [1.807, 2.05) is 6.07 Å². The van der Waals surface area contributed by atoms with Gasteiger partial charge in [0.25, 0.3) is 0 Å². The molecule has 0 radical (unpaired) electrons. The highest BCUT2D eigenvalue weighted by Crippen LogP contribution is 2.22. The first-order valence-electron chi connectivity index (χ1n) is 8.57. The van der Waals surface area contributed by atoms with Gasteiger partial charge in [-0.05, 0) is 30.5 Å². The number of fused-ring (bicyclic) bond motifs is 1. The molecule has 0 unspecified atom stereocenters. The van der Waals surface area contributed by atoms with E-state index in [4.69, 9.17) is 4.74 Å². The molecule has 1 atom stereocenters. The molecular weight excluding hydrogens is 318 g/mol. The summed E-state index contributed by atoms with van der Waals surface area (Å²) in [6, 6.07) is 6.05. The highest BCUT2D eigenvalue weighted by atomic mass is 16.5. The minimum Gasteiger partial charge on any atom is -0.372 e. The monoisotopic (exact) mass is 343 g/mol. The number of hydrogen-bond donors (Lipinski definition) is 0. The molecule has 2 aromatic heterocycles. The summed E-state index contributed by atoms with van der Waals surface area (Å²) in [6.45, 7) is 3.32. The molecule has 3 heterocycles. The summed E-state index contributed by atoms with van der Waals surface area (Å²) >= 11 is 0. The van der Waals surface area contributed by atoms with Gasteiger partial charge in [0.1, 0.15) is 6.61 Å². The maximum atomic E-state index is 11.6. The Morgan fingerprint density at radius 3 is 2.84 bits per heavy atom. The first kappa shape index (κ1) is 17.4. The molecule has 0 aromatic carbocycles. The standard InChI is InChI=1S/C18H25N5O2/c1-21(2)17(24)14-25-10-6-15-11-22-9-3-5-16(22)13-23(12-15)18-19-7-4-8-20-18/h3-5,7-9,15H,6,10-14H2,1-2H3/t15-/m0/s1. The number of amides is 1. The van der Waals surface area contributed by atoms with Crippen molar-refractivity contribution < 1.29 is 9.53 Å². The second-order valence-electron chi connectivity index (χ2n) is 6.58. The zero-order valence-electron chi connectivity index (χ0n) is 14.8. The summed E-state index contributed by atoms with van der Waals surface area (Å²) in [4.78, 5) is 24.1. The first-order chi connectivity index (χ1) is 12.1. The van der Waals surface area contributed by atoms with E-state index in [1.165, 1.54) is 5.69 Å². The van der Waals surface area contributed by atoms with Gasteiger partial charge in [0, 0.05) is 58.1 Å². The lowest BCUT2D eigenvalue weighted by Crippen LogP contribution is -2.30. The zero-order chi connectivity index (χ0) is 17.6. The fourth-order valence-electron chi connectivity index (χ4n) is 3.01. The van der Waals surface area contributed by atoms with Gasteiger partial charge < -0.3 is 19.1 Å². The van der Waals surface area contributed by atoms with Crippen LogP contribution in [0.15, 0.2) is 36.8 Å². The summed E-state index contributed by atoms with van der Waals surface area (Å²) in [5.74, 6) is 1.16. The van der Waals surface area contributed by atoms with Gasteiger partial charge in [-0.1, -0.05) is 0 Å². The Bertz CT molecular complexity index is 686. The molecule has 134 valence electrons. The van der Waals surface area contributed by atoms with Crippen molar-refractivity contribution in [3.05, 3.63) is 42.5 Å². The summed E-state index contributed by atoms with van der Waals surface area (Å²) < 4.78 is 7.85. The van der Waals surface area contributed by atoms with Gasteiger partial charge in [0.2, 0.25) is 11.9 Å². The predicted molar refractivity (Wildman–Crippen MR) is 95.1 cm³/mol. The van der Waals surface area contributed by atoms with Crippen molar-refractivity contribution in [2.75, 3.05) is 38.8 Å². The Morgan fingerprint density at radius 2 is 2.08 bits per heavy atom. The molecule has 1 aliphatic heterocycles. The van der Waals surface area contributed by atoms with Crippen LogP contribution in [0.2, 0.25) is 0 Å². The van der Waals surface area contributed by atoms with Gasteiger partial charge in [0.05, 0.1) is 6.54 Å². The SMILES string of the molecule is CN(C)C(=O)COCC[C@@H]1CN(c2ncccn2)Cc2cccn2C1. The Morgan fingerprint density at radius 1 is 1.28 bits per heavy atom. The average molecular weight is 343 g/mol. The molecule has 25 heavy (non-hydrogen) atoms. The molecule has 0 N–H and O–H groups in total. The molecule has 0 saturated carbocycles. The lowest BCUT2D eigenvalue weighted by Gasteiger charge is -2.24. The maximum Gasteiger partial charge on any atom is 0.248 e. The molecule has 0 saturated heterocycles. The first-order valence-corrected chi connectivity index (χ1v) is 8.57. The Balaban J connectivity index is 1.62. The predicted octanol–water partition coefficient (Wildman–Crippen LogP) is 1.41. The highest BCUT2D eigenvalue weighted by molar-refractivity contribution is 5.76. The minimum absolute atomic E-state index is 0.00660. The Hall–Kier alpha value is -2.41. The quantitative estimate of drug-likeness (QED) is 0.742. The Labute approximate surface area is 148 Å². The third-order valence-corrected chi connectivity index (χ3v) is 4.44. The third-order valence-electron chi connectivity index (χ3n) is 4.44. The summed E-state index contributed by atoms with van der Waals surface area (Å²) in [7, 11) is 3.48. The third kappa shape index (κ3) is 4.57. The van der Waals surface area contributed by atoms with Crippen LogP contribution >= 0.6 is 0 Å². The molecule has 3 rings (SSSR count). The molecule has 0 spiro atoms. The summed E-state index contributed by atoms with van der Waals surface area (Å²) in [5, 5.41) is 0. The number of hydrogen-bond acceptors (Lipinski definition) is 5. The lowest BCUT2D eigenvalue weighted by atomic mass is 10.1. The van der Waals surface area contributed by atoms with E-state index < -0.39 is 0 Å². The van der Waals surface area contributed by atoms with E-state index in [9.17, 15) is 4.79 Å². The van der Waals surface area contributed by atoms with Crippen molar-refractivity contribution in [3.8, 4) is 0 Å². The van der Waals surface area contributed by atoms with Crippen LogP contribution in [0.5, 0.6) is 0 Å². The number of rotatable bonds is 6. The van der Waals surface area contributed by atoms with E-state index in [2.05, 4.69) is 37.8 Å². The van der Waals surface area contributed by atoms with E-state index in [0.29, 0.717) is 12.5 Å². The number of carbonyl (C=O) groups is 1. The van der Waals surface area contributed by atoms with Gasteiger partial charge in [-0.3, -0.25) is 4.79 Å². The fourth-order valence-corrected chi connectivity index (χ4v) is 3.01. The van der Waals surface area contributed by atoms with E-state index in [-0.39, 0.29) is 12.5 Å². The number of carbonyl (C=O) groups excluding carboxylic acids is 1. The summed E-state index contributed by atoms with van der Waals surface area (Å²) in [5.41, 5.74) is 1.26. The van der Waals surface area contributed by atoms with Gasteiger partial charge >= 0.3 is 0 Å². The van der Waals surface area contributed by atoms with E-state index >= 15 is 0 Å². The Kier molecular flexibility index (Phi) is 5.65. The minimum atomic E-state index is -0.00660. The molecule has 7 heteroatoms. The number of anilines is 1. The largest absolute Gasteiger partial charge is 0.372 e. The van der Waals surface area contributed by atoms with Crippen molar-refractivity contribution >= 4 is 11.9 Å². The van der Waals surface area contributed by atoms with Crippen LogP contribution in [-0.4, -0.2) is 59.2 Å². The maximum absolute atomic E-state index is 11.6. The van der Waals surface area contributed by atoms with Gasteiger partial charge in [-0.15, -0.1) is 0 Å². The molecule has 2 aromatic rings. The van der Waals surface area contributed by atoms with Crippen molar-refractivity contribution in [2.24, 2.45) is 5.92 Å². The number of nitrogens with zero attached hydrogens (tertiary/aromatic N) is 5. The zero-order valence-corrected chi connectivity index (χ0v) is 14.8. The van der Waals surface area contributed by atoms with E-state index in [0.717, 1.165) is 32.0 Å². The molecule has 0 fully saturated rings. The van der Waals surface area contributed by atoms with Crippen molar-refractivity contribution in [3.63, 3.8) is 0 Å². The highest BCUT2D eigenvalue weighted by Gasteiger charge is 2.23. The van der Waals surface area contributed by atoms with Crippen LogP contribution in [0.4, 0.5) is 5.95 Å². The van der Waals surface area contributed by atoms with Crippen LogP contribution in [0, 0.1) is 5.92 Å². The number of ether oxygens (including phenoxy) is 1. The van der Waals surface area contributed by atoms with Crippen LogP contribution in [0.1, 0.15) is 12.1 Å². The number of likely N-dealkylation sites (N-methyl/N-ethyl adjacent to an activating group) is 1. The van der Waals surface area contributed by atoms with Crippen LogP contribution < -0.4 is 4.90 Å². The second-order valence-corrected chi connectivity index (χ2v) is 6.58. The van der Waals surface area contributed by atoms with Gasteiger partial charge in [0.15, 0.2) is 0 Å². The molecule has 1 amide bonds. The van der Waals surface area contributed by atoms with Crippen molar-refractivity contribution in [1.82, 2.24) is 19.4 Å². The molecular formula is C18H25N5O2. The van der Waals surface area contributed by atoms with Crippen LogP contribution in [0.3, 0.4) is 0 Å². The van der Waals surface area contributed by atoms with Crippen LogP contribution in [-0.2, 0) is 22.6 Å². The average Bonchev–Trinajstić information content (AvgIpc) is 2.97. The molecule has 7 nitrogen and oxygen atoms in total. The van der Waals surface area contributed by atoms with Crippen molar-refractivity contribution in [2.45, 2.75) is 19.5 Å². The second kappa shape index (κ2) is 8.11. The molecule has 0 aliphatic carbocycles. The molecule has 0 bridgehead atoms. The lowest BCUT2D eigenvalue weighted by molar-refractivity contribution is -0.133. The smallest absolute Gasteiger partial charge is 0.248 e. The molecule has 1 aliphatic rings. The van der Waals surface area contributed by atoms with E-state index in [1.54, 1.807) is 31.4 Å². The fraction of sp³-hybridized carbons (Fsp3) is 0.500. The topological polar surface area (TPSA) is 63.5 Å². The number of aromatic nitrogens is 3.